The van der Waals surface area contributed by atoms with Crippen molar-refractivity contribution in [3.63, 3.8) is 0 Å². The zero-order valence-electron chi connectivity index (χ0n) is 17.6. The number of morpholine rings is 1. The summed E-state index contributed by atoms with van der Waals surface area (Å²) in [6.07, 6.45) is 0.321. The van der Waals surface area contributed by atoms with Crippen LogP contribution in [0.5, 0.6) is 0 Å². The lowest BCUT2D eigenvalue weighted by Crippen LogP contribution is -2.40. The second-order valence-electron chi connectivity index (χ2n) is 7.50. The summed E-state index contributed by atoms with van der Waals surface area (Å²) in [4.78, 5) is 6.79. The summed E-state index contributed by atoms with van der Waals surface area (Å²) < 4.78 is 5.64. The quantitative estimate of drug-likeness (QED) is 0.355. The van der Waals surface area contributed by atoms with Gasteiger partial charge in [-0.05, 0) is 30.5 Å². The van der Waals surface area contributed by atoms with Crippen molar-refractivity contribution in [2.24, 2.45) is 4.99 Å². The summed E-state index contributed by atoms with van der Waals surface area (Å²) >= 11 is 0. The molecule has 3 rings (SSSR count). The van der Waals surface area contributed by atoms with Crippen LogP contribution in [0.4, 0.5) is 0 Å². The minimum absolute atomic E-state index is 0. The number of hydrogen-bond donors (Lipinski definition) is 2. The van der Waals surface area contributed by atoms with Crippen LogP contribution in [-0.4, -0.2) is 43.7 Å². The number of guanidine groups is 1. The van der Waals surface area contributed by atoms with Crippen LogP contribution in [0, 0.1) is 6.92 Å². The molecule has 158 valence electrons. The van der Waals surface area contributed by atoms with E-state index in [2.05, 4.69) is 82.9 Å². The maximum atomic E-state index is 5.64. The molecule has 6 heteroatoms. The van der Waals surface area contributed by atoms with E-state index in [-0.39, 0.29) is 24.0 Å². The molecule has 29 heavy (non-hydrogen) atoms. The monoisotopic (exact) mass is 508 g/mol. The van der Waals surface area contributed by atoms with Gasteiger partial charge in [0.2, 0.25) is 0 Å². The Kier molecular flexibility index (Phi) is 9.90. The van der Waals surface area contributed by atoms with E-state index in [1.54, 1.807) is 7.05 Å². The minimum atomic E-state index is 0. The van der Waals surface area contributed by atoms with Crippen molar-refractivity contribution < 1.29 is 4.74 Å². The Morgan fingerprint density at radius 1 is 1.07 bits per heavy atom. The number of nitrogens with one attached hydrogen (secondary N) is 2. The summed E-state index contributed by atoms with van der Waals surface area (Å²) in [7, 11) is 1.81. The van der Waals surface area contributed by atoms with Crippen molar-refractivity contribution in [2.75, 3.05) is 26.7 Å². The zero-order valence-corrected chi connectivity index (χ0v) is 20.0. The molecule has 0 amide bonds. The molecule has 0 aromatic heterocycles. The van der Waals surface area contributed by atoms with Gasteiger partial charge in [-0.1, -0.05) is 54.1 Å². The van der Waals surface area contributed by atoms with Gasteiger partial charge in [-0.15, -0.1) is 24.0 Å². The maximum Gasteiger partial charge on any atom is 0.191 e. The van der Waals surface area contributed by atoms with Gasteiger partial charge in [0.1, 0.15) is 0 Å². The van der Waals surface area contributed by atoms with Gasteiger partial charge in [0.05, 0.1) is 12.7 Å². The van der Waals surface area contributed by atoms with Crippen molar-refractivity contribution in [1.29, 1.82) is 0 Å². The van der Waals surface area contributed by atoms with Crippen LogP contribution < -0.4 is 10.6 Å². The first-order valence-corrected chi connectivity index (χ1v) is 10.0. The lowest BCUT2D eigenvalue weighted by atomic mass is 10.1. The Hall–Kier alpha value is -1.64. The number of benzene rings is 2. The van der Waals surface area contributed by atoms with Crippen LogP contribution in [0.2, 0.25) is 0 Å². The minimum Gasteiger partial charge on any atom is -0.376 e. The third-order valence-electron chi connectivity index (χ3n) is 4.99. The molecule has 1 atom stereocenters. The summed E-state index contributed by atoms with van der Waals surface area (Å²) in [5.41, 5.74) is 5.13. The van der Waals surface area contributed by atoms with Gasteiger partial charge >= 0.3 is 0 Å². The molecule has 0 saturated carbocycles. The highest BCUT2D eigenvalue weighted by molar-refractivity contribution is 14.0. The van der Waals surface area contributed by atoms with E-state index in [0.29, 0.717) is 6.10 Å². The zero-order chi connectivity index (χ0) is 19.8. The summed E-state index contributed by atoms with van der Waals surface area (Å²) in [5, 5.41) is 6.79. The highest BCUT2D eigenvalue weighted by Gasteiger charge is 2.16. The molecule has 1 unspecified atom stereocenters. The normalized spacial score (nSPS) is 17.5. The number of ether oxygens (including phenoxy) is 1. The highest BCUT2D eigenvalue weighted by Crippen LogP contribution is 2.12. The topological polar surface area (TPSA) is 48.9 Å². The fraction of sp³-hybridized carbons (Fsp3) is 0.435. The Labute approximate surface area is 192 Å². The van der Waals surface area contributed by atoms with Crippen molar-refractivity contribution in [3.8, 4) is 0 Å². The summed E-state index contributed by atoms with van der Waals surface area (Å²) in [6, 6.07) is 17.3. The summed E-state index contributed by atoms with van der Waals surface area (Å²) in [5.74, 6) is 0.813. The van der Waals surface area contributed by atoms with Gasteiger partial charge in [0, 0.05) is 39.8 Å². The molecule has 2 aromatic carbocycles. The van der Waals surface area contributed by atoms with E-state index < -0.39 is 0 Å². The van der Waals surface area contributed by atoms with Gasteiger partial charge in [0.25, 0.3) is 0 Å². The number of hydrogen-bond acceptors (Lipinski definition) is 3. The van der Waals surface area contributed by atoms with Crippen LogP contribution in [0.1, 0.15) is 29.2 Å². The van der Waals surface area contributed by atoms with E-state index in [4.69, 9.17) is 4.74 Å². The van der Waals surface area contributed by atoms with E-state index in [1.165, 1.54) is 22.3 Å². The molecule has 1 heterocycles. The number of halogens is 1. The van der Waals surface area contributed by atoms with E-state index >= 15 is 0 Å². The molecule has 2 N–H and O–H groups in total. The van der Waals surface area contributed by atoms with Gasteiger partial charge in [-0.3, -0.25) is 9.89 Å². The van der Waals surface area contributed by atoms with Crippen molar-refractivity contribution in [2.45, 2.75) is 39.6 Å². The molecule has 0 bridgehead atoms. The predicted molar refractivity (Wildman–Crippen MR) is 131 cm³/mol. The van der Waals surface area contributed by atoms with Crippen LogP contribution in [-0.2, 0) is 24.4 Å². The molecule has 2 aromatic rings. The first-order chi connectivity index (χ1) is 13.6. The van der Waals surface area contributed by atoms with Crippen LogP contribution >= 0.6 is 24.0 Å². The molecule has 5 nitrogen and oxygen atoms in total. The van der Waals surface area contributed by atoms with Gasteiger partial charge < -0.3 is 15.4 Å². The molecule has 1 fully saturated rings. The number of aryl methyl sites for hydroxylation is 1. The van der Waals surface area contributed by atoms with Crippen LogP contribution in [0.3, 0.4) is 0 Å². The molecule has 0 radical (unpaired) electrons. The van der Waals surface area contributed by atoms with E-state index in [0.717, 1.165) is 45.3 Å². The molecule has 1 aliphatic heterocycles. The largest absolute Gasteiger partial charge is 0.376 e. The summed E-state index contributed by atoms with van der Waals surface area (Å²) in [6.45, 7) is 9.55. The molecule has 0 spiro atoms. The molecular weight excluding hydrogens is 475 g/mol. The molecular formula is C23H33IN4O. The predicted octanol–water partition coefficient (Wildman–Crippen LogP) is 3.70. The Bertz CT molecular complexity index is 779. The average Bonchev–Trinajstić information content (AvgIpc) is 2.70. The lowest BCUT2D eigenvalue weighted by molar-refractivity contribution is -0.0212. The van der Waals surface area contributed by atoms with Gasteiger partial charge in [0.15, 0.2) is 5.96 Å². The van der Waals surface area contributed by atoms with Gasteiger partial charge in [-0.25, -0.2) is 0 Å². The lowest BCUT2D eigenvalue weighted by Gasteiger charge is -2.31. The molecule has 0 aliphatic carbocycles. The van der Waals surface area contributed by atoms with E-state index in [9.17, 15) is 0 Å². The van der Waals surface area contributed by atoms with Crippen molar-refractivity contribution in [3.05, 3.63) is 70.8 Å². The second kappa shape index (κ2) is 12.1. The van der Waals surface area contributed by atoms with Crippen LogP contribution in [0.25, 0.3) is 0 Å². The van der Waals surface area contributed by atoms with E-state index in [1.807, 2.05) is 0 Å². The van der Waals surface area contributed by atoms with Gasteiger partial charge in [-0.2, -0.15) is 0 Å². The third-order valence-corrected chi connectivity index (χ3v) is 4.99. The molecule has 1 aliphatic rings. The fourth-order valence-corrected chi connectivity index (χ4v) is 3.43. The SMILES string of the molecule is CN=C(NCc1ccc(C)cc1)NCc1cccc(CN2CCOC(C)C2)c1.I. The number of aliphatic imine (C=N–C) groups is 1. The maximum absolute atomic E-state index is 5.64. The van der Waals surface area contributed by atoms with Crippen molar-refractivity contribution >= 4 is 29.9 Å². The Morgan fingerprint density at radius 2 is 1.76 bits per heavy atom. The number of nitrogens with zero attached hydrogens (tertiary/aromatic N) is 2. The Morgan fingerprint density at radius 3 is 2.45 bits per heavy atom. The molecule has 1 saturated heterocycles. The second-order valence-corrected chi connectivity index (χ2v) is 7.50. The first-order valence-electron chi connectivity index (χ1n) is 10.0. The first kappa shape index (κ1) is 23.6. The Balaban J connectivity index is 0.00000300. The fourth-order valence-electron chi connectivity index (χ4n) is 3.43. The third kappa shape index (κ3) is 7.95. The highest BCUT2D eigenvalue weighted by atomic mass is 127. The number of rotatable bonds is 6. The standard InChI is InChI=1S/C23H32N4O.HI/c1-18-7-9-20(10-8-18)14-25-23(24-3)26-15-21-5-4-6-22(13-21)17-27-11-12-28-19(2)16-27;/h4-10,13,19H,11-12,14-17H2,1-3H3,(H2,24,25,26);1H. The van der Waals surface area contributed by atoms with Crippen molar-refractivity contribution in [1.82, 2.24) is 15.5 Å². The average molecular weight is 508 g/mol. The van der Waals surface area contributed by atoms with Crippen LogP contribution in [0.15, 0.2) is 53.5 Å². The smallest absolute Gasteiger partial charge is 0.191 e.